The van der Waals surface area contributed by atoms with Crippen LogP contribution in [0.15, 0.2) is 23.1 Å². The molecule has 1 aromatic carbocycles. The number of rotatable bonds is 1. The van der Waals surface area contributed by atoms with Gasteiger partial charge >= 0.3 is 6.18 Å². The highest BCUT2D eigenvalue weighted by Gasteiger charge is 2.34. The smallest absolute Gasteiger partial charge is 0.282 e. The van der Waals surface area contributed by atoms with Crippen molar-refractivity contribution < 1.29 is 27.2 Å². The van der Waals surface area contributed by atoms with Crippen LogP contribution in [-0.4, -0.2) is 11.1 Å². The largest absolute Gasteiger partial charge is 0.417 e. The Labute approximate surface area is 108 Å². The zero-order valence-corrected chi connectivity index (χ0v) is 9.86. The maximum absolute atomic E-state index is 12.9. The van der Waals surface area contributed by atoms with Gasteiger partial charge in [-0.05, 0) is 35.5 Å². The second kappa shape index (κ2) is 4.69. The third-order valence-electron chi connectivity index (χ3n) is 2.25. The first-order chi connectivity index (χ1) is 8.77. The molecule has 0 saturated carbocycles. The van der Waals surface area contributed by atoms with Crippen molar-refractivity contribution in [2.75, 3.05) is 0 Å². The van der Waals surface area contributed by atoms with E-state index in [1.165, 1.54) is 0 Å². The minimum Gasteiger partial charge on any atom is -0.282 e. The van der Waals surface area contributed by atoms with Gasteiger partial charge in [0.05, 0.1) is 10.5 Å². The lowest BCUT2D eigenvalue weighted by Gasteiger charge is -2.10. The maximum atomic E-state index is 12.9. The zero-order valence-electron chi connectivity index (χ0n) is 9.05. The molecule has 1 aromatic rings. The molecule has 2 rings (SSSR count). The van der Waals surface area contributed by atoms with E-state index in [2.05, 4.69) is 0 Å². The van der Waals surface area contributed by atoms with Crippen LogP contribution in [0, 0.1) is 5.82 Å². The molecule has 0 atom stereocenters. The van der Waals surface area contributed by atoms with Gasteiger partial charge < -0.3 is 0 Å². The molecule has 1 heterocycles. The van der Waals surface area contributed by atoms with Gasteiger partial charge in [-0.3, -0.25) is 14.9 Å². The van der Waals surface area contributed by atoms with E-state index >= 15 is 0 Å². The summed E-state index contributed by atoms with van der Waals surface area (Å²) in [6.45, 7) is 0. The first-order valence-electron chi connectivity index (χ1n) is 4.89. The van der Waals surface area contributed by atoms with Gasteiger partial charge in [-0.1, -0.05) is 6.07 Å². The summed E-state index contributed by atoms with van der Waals surface area (Å²) in [5.41, 5.74) is -1.58. The van der Waals surface area contributed by atoms with Gasteiger partial charge in [0.25, 0.3) is 11.1 Å². The van der Waals surface area contributed by atoms with Gasteiger partial charge in [0, 0.05) is 0 Å². The lowest BCUT2D eigenvalue weighted by molar-refractivity contribution is -0.138. The van der Waals surface area contributed by atoms with Gasteiger partial charge in [0.15, 0.2) is 0 Å². The number of carbonyl (C=O) groups is 2. The molecule has 3 nitrogen and oxygen atoms in total. The Balaban J connectivity index is 2.49. The number of hydrogen-bond donors (Lipinski definition) is 1. The van der Waals surface area contributed by atoms with Crippen molar-refractivity contribution >= 4 is 29.0 Å². The summed E-state index contributed by atoms with van der Waals surface area (Å²) in [6.07, 6.45) is -3.84. The highest BCUT2D eigenvalue weighted by Crippen LogP contribution is 2.35. The number of imide groups is 1. The third-order valence-corrected chi connectivity index (χ3v) is 3.06. The van der Waals surface area contributed by atoms with Crippen LogP contribution in [-0.2, 0) is 11.0 Å². The molecular formula is C11H5F4NO2S. The molecule has 100 valence electrons. The summed E-state index contributed by atoms with van der Waals surface area (Å²) >= 11 is 0.492. The Morgan fingerprint density at radius 3 is 2.42 bits per heavy atom. The minimum absolute atomic E-state index is 0.165. The van der Waals surface area contributed by atoms with Crippen LogP contribution in [0.5, 0.6) is 0 Å². The molecule has 0 aliphatic carbocycles. The van der Waals surface area contributed by atoms with Crippen LogP contribution >= 0.6 is 11.8 Å². The van der Waals surface area contributed by atoms with E-state index in [0.29, 0.717) is 17.8 Å². The number of benzene rings is 1. The molecule has 0 unspecified atom stereocenters. The van der Waals surface area contributed by atoms with Gasteiger partial charge in [0.2, 0.25) is 0 Å². The first kappa shape index (κ1) is 13.6. The average Bonchev–Trinajstić information content (AvgIpc) is 2.58. The Hall–Kier alpha value is -1.83. The van der Waals surface area contributed by atoms with E-state index in [0.717, 1.165) is 18.2 Å². The van der Waals surface area contributed by atoms with Crippen molar-refractivity contribution in [2.45, 2.75) is 6.18 Å². The van der Waals surface area contributed by atoms with Crippen molar-refractivity contribution in [1.82, 2.24) is 5.32 Å². The molecule has 0 spiro atoms. The van der Waals surface area contributed by atoms with Crippen molar-refractivity contribution in [2.24, 2.45) is 0 Å². The number of nitrogens with one attached hydrogen (secondary N) is 1. The van der Waals surface area contributed by atoms with E-state index in [-0.39, 0.29) is 10.5 Å². The fourth-order valence-electron chi connectivity index (χ4n) is 1.46. The van der Waals surface area contributed by atoms with Crippen LogP contribution in [0.25, 0.3) is 6.08 Å². The lowest BCUT2D eigenvalue weighted by atomic mass is 10.1. The molecule has 1 fully saturated rings. The first-order valence-corrected chi connectivity index (χ1v) is 5.70. The maximum Gasteiger partial charge on any atom is 0.417 e. The van der Waals surface area contributed by atoms with E-state index in [1.807, 2.05) is 5.32 Å². The van der Waals surface area contributed by atoms with Crippen LogP contribution in [0.2, 0.25) is 0 Å². The van der Waals surface area contributed by atoms with E-state index in [4.69, 9.17) is 0 Å². The van der Waals surface area contributed by atoms with Gasteiger partial charge in [-0.15, -0.1) is 0 Å². The molecule has 1 N–H and O–H groups in total. The second-order valence-corrected chi connectivity index (χ2v) is 4.60. The molecule has 8 heteroatoms. The van der Waals surface area contributed by atoms with Crippen LogP contribution < -0.4 is 5.32 Å². The highest BCUT2D eigenvalue weighted by atomic mass is 32.2. The topological polar surface area (TPSA) is 46.2 Å². The molecule has 1 saturated heterocycles. The lowest BCUT2D eigenvalue weighted by Crippen LogP contribution is -2.18. The van der Waals surface area contributed by atoms with E-state index in [9.17, 15) is 27.2 Å². The molecule has 0 radical (unpaired) electrons. The summed E-state index contributed by atoms with van der Waals surface area (Å²) in [6, 6.07) is 2.09. The van der Waals surface area contributed by atoms with Gasteiger partial charge in [-0.25, -0.2) is 4.39 Å². The Bertz CT molecular complexity index is 595. The molecule has 1 aliphatic rings. The predicted molar refractivity (Wildman–Crippen MR) is 60.5 cm³/mol. The molecular weight excluding hydrogens is 286 g/mol. The highest BCUT2D eigenvalue weighted by molar-refractivity contribution is 8.18. The number of hydrogen-bond acceptors (Lipinski definition) is 3. The zero-order chi connectivity index (χ0) is 14.2. The van der Waals surface area contributed by atoms with Crippen molar-refractivity contribution in [3.8, 4) is 0 Å². The molecule has 1 aliphatic heterocycles. The van der Waals surface area contributed by atoms with E-state index in [1.54, 1.807) is 0 Å². The minimum atomic E-state index is -4.75. The van der Waals surface area contributed by atoms with Gasteiger partial charge in [0.1, 0.15) is 5.82 Å². The standard InChI is InChI=1S/C11H5F4NO2S/c12-6-2-1-5(7(4-6)11(13,14)15)3-8-9(17)16-10(18)19-8/h1-4H,(H,16,17,18)/b8-3+. The third kappa shape index (κ3) is 2.95. The molecule has 0 bridgehead atoms. The summed E-state index contributed by atoms with van der Waals surface area (Å²) in [5.74, 6) is -1.80. The van der Waals surface area contributed by atoms with Crippen molar-refractivity contribution in [3.05, 3.63) is 40.0 Å². The van der Waals surface area contributed by atoms with E-state index < -0.39 is 28.7 Å². The predicted octanol–water partition coefficient (Wildman–Crippen LogP) is 3.17. The molecule has 19 heavy (non-hydrogen) atoms. The van der Waals surface area contributed by atoms with Crippen LogP contribution in [0.1, 0.15) is 11.1 Å². The summed E-state index contributed by atoms with van der Waals surface area (Å²) < 4.78 is 51.0. The number of amides is 2. The summed E-state index contributed by atoms with van der Waals surface area (Å²) in [5, 5.41) is 1.26. The number of alkyl halides is 3. The number of carbonyl (C=O) groups excluding carboxylic acids is 2. The fraction of sp³-hybridized carbons (Fsp3) is 0.0909. The SMILES string of the molecule is O=C1NC(=O)/C(=C\c2ccc(F)cc2C(F)(F)F)S1. The summed E-state index contributed by atoms with van der Waals surface area (Å²) in [4.78, 5) is 22.0. The van der Waals surface area contributed by atoms with Crippen LogP contribution in [0.4, 0.5) is 22.4 Å². The van der Waals surface area contributed by atoms with Gasteiger partial charge in [-0.2, -0.15) is 13.2 Å². The quantitative estimate of drug-likeness (QED) is 0.638. The Kier molecular flexibility index (Phi) is 3.36. The Morgan fingerprint density at radius 2 is 1.89 bits per heavy atom. The molecule has 0 aromatic heterocycles. The normalized spacial score (nSPS) is 18.0. The molecule has 2 amide bonds. The average molecular weight is 291 g/mol. The number of halogens is 4. The van der Waals surface area contributed by atoms with Crippen molar-refractivity contribution in [3.63, 3.8) is 0 Å². The second-order valence-electron chi connectivity index (χ2n) is 3.58. The Morgan fingerprint density at radius 1 is 1.21 bits per heavy atom. The monoisotopic (exact) mass is 291 g/mol. The number of thioether (sulfide) groups is 1. The summed E-state index contributed by atoms with van der Waals surface area (Å²) in [7, 11) is 0. The fourth-order valence-corrected chi connectivity index (χ4v) is 2.14. The van der Waals surface area contributed by atoms with Crippen LogP contribution in [0.3, 0.4) is 0 Å². The van der Waals surface area contributed by atoms with Crippen molar-refractivity contribution in [1.29, 1.82) is 0 Å².